The van der Waals surface area contributed by atoms with Gasteiger partial charge in [0.05, 0.1) is 0 Å². The van der Waals surface area contributed by atoms with E-state index in [4.69, 9.17) is 5.73 Å². The minimum Gasteiger partial charge on any atom is -0.327 e. The molecule has 0 unspecified atom stereocenters. The summed E-state index contributed by atoms with van der Waals surface area (Å²) < 4.78 is 0. The molecule has 0 aromatic heterocycles. The van der Waals surface area contributed by atoms with Crippen molar-refractivity contribution in [3.8, 4) is 0 Å². The van der Waals surface area contributed by atoms with Gasteiger partial charge in [-0.05, 0) is 5.92 Å². The van der Waals surface area contributed by atoms with Crippen LogP contribution in [0.4, 0.5) is 0 Å². The topological polar surface area (TPSA) is 26.0 Å². The second kappa shape index (κ2) is 22.6. The highest BCUT2D eigenvalue weighted by molar-refractivity contribution is 4.64. The first-order chi connectivity index (χ1) is 5.18. The van der Waals surface area contributed by atoms with E-state index in [0.717, 1.165) is 5.92 Å². The fourth-order valence-electron chi connectivity index (χ4n) is 0. The zero-order valence-corrected chi connectivity index (χ0v) is 8.85. The molecule has 0 aliphatic heterocycles. The van der Waals surface area contributed by atoms with Crippen LogP contribution in [0.2, 0.25) is 0 Å². The molecule has 0 aliphatic carbocycles. The number of hydrogen-bond donors (Lipinski definition) is 1. The van der Waals surface area contributed by atoms with Gasteiger partial charge in [0.1, 0.15) is 0 Å². The zero-order chi connectivity index (χ0) is 9.70. The van der Waals surface area contributed by atoms with Gasteiger partial charge in [-0.3, -0.25) is 0 Å². The first kappa shape index (κ1) is 17.0. The molecule has 0 bridgehead atoms. The highest BCUT2D eigenvalue weighted by atomic mass is 14.5. The predicted octanol–water partition coefficient (Wildman–Crippen LogP) is 3.21. The fourth-order valence-corrected chi connectivity index (χ4v) is 0. The van der Waals surface area contributed by atoms with E-state index in [-0.39, 0.29) is 0 Å². The van der Waals surface area contributed by atoms with Gasteiger partial charge in [0.15, 0.2) is 0 Å². The molecule has 0 amide bonds. The number of rotatable bonds is 2. The quantitative estimate of drug-likeness (QED) is 0.615. The van der Waals surface area contributed by atoms with Crippen LogP contribution >= 0.6 is 0 Å². The Morgan fingerprint density at radius 1 is 1.36 bits per heavy atom. The average molecular weight is 159 g/mol. The Hall–Kier alpha value is -0.300. The van der Waals surface area contributed by atoms with E-state index in [1.54, 1.807) is 6.08 Å². The van der Waals surface area contributed by atoms with Crippen molar-refractivity contribution in [3.05, 3.63) is 12.7 Å². The molecule has 0 radical (unpaired) electrons. The molecule has 0 aromatic carbocycles. The Kier molecular flexibility index (Phi) is 34.9. The number of hydrogen-bond acceptors (Lipinski definition) is 1. The molecule has 1 heteroatoms. The van der Waals surface area contributed by atoms with Crippen LogP contribution in [0, 0.1) is 5.92 Å². The van der Waals surface area contributed by atoms with E-state index in [2.05, 4.69) is 27.4 Å². The summed E-state index contributed by atoms with van der Waals surface area (Å²) in [7, 11) is 0. The van der Waals surface area contributed by atoms with Crippen molar-refractivity contribution < 1.29 is 0 Å². The Bertz CT molecular complexity index is 48.8. The lowest BCUT2D eigenvalue weighted by Gasteiger charge is -1.90. The van der Waals surface area contributed by atoms with Gasteiger partial charge >= 0.3 is 0 Å². The summed E-state index contributed by atoms with van der Waals surface area (Å²) in [4.78, 5) is 0. The summed E-state index contributed by atoms with van der Waals surface area (Å²) in [6.45, 7) is 14.6. The third-order valence-electron chi connectivity index (χ3n) is 0.983. The van der Waals surface area contributed by atoms with Crippen molar-refractivity contribution in [1.29, 1.82) is 0 Å². The van der Waals surface area contributed by atoms with Gasteiger partial charge in [-0.15, -0.1) is 6.58 Å². The summed E-state index contributed by atoms with van der Waals surface area (Å²) in [5, 5.41) is 0. The van der Waals surface area contributed by atoms with Gasteiger partial charge in [0.2, 0.25) is 0 Å². The molecule has 0 aromatic rings. The highest BCUT2D eigenvalue weighted by Gasteiger charge is 1.80. The molecule has 70 valence electrons. The molecule has 0 rings (SSSR count). The molecule has 0 heterocycles. The standard InChI is InChI=1S/C5H12.C3H7N.C2H6/c1-4-5(2)3;1-2-3-4;1-2/h5H,4H2,1-3H3;2H,1,3-4H2;1-2H3. The Morgan fingerprint density at radius 3 is 1.55 bits per heavy atom. The lowest BCUT2D eigenvalue weighted by molar-refractivity contribution is 0.626. The van der Waals surface area contributed by atoms with E-state index >= 15 is 0 Å². The average Bonchev–Trinajstić information content (AvgIpc) is 2.08. The minimum absolute atomic E-state index is 0.583. The summed E-state index contributed by atoms with van der Waals surface area (Å²) in [5.74, 6) is 0.884. The van der Waals surface area contributed by atoms with Crippen LogP contribution in [0.5, 0.6) is 0 Å². The third kappa shape index (κ3) is 78.9. The molecule has 2 N–H and O–H groups in total. The molecule has 0 saturated heterocycles. The molecular formula is C10H25N. The Labute approximate surface area is 72.7 Å². The van der Waals surface area contributed by atoms with Crippen molar-refractivity contribution >= 4 is 0 Å². The summed E-state index contributed by atoms with van der Waals surface area (Å²) in [5.41, 5.74) is 4.91. The fraction of sp³-hybridized carbons (Fsp3) is 0.800. The predicted molar refractivity (Wildman–Crippen MR) is 55.7 cm³/mol. The maximum atomic E-state index is 4.91. The first-order valence-corrected chi connectivity index (χ1v) is 4.49. The van der Waals surface area contributed by atoms with Crippen molar-refractivity contribution in [3.63, 3.8) is 0 Å². The van der Waals surface area contributed by atoms with E-state index < -0.39 is 0 Å². The largest absolute Gasteiger partial charge is 0.327 e. The van der Waals surface area contributed by atoms with Crippen LogP contribution in [0.1, 0.15) is 41.0 Å². The summed E-state index contributed by atoms with van der Waals surface area (Å²) >= 11 is 0. The third-order valence-corrected chi connectivity index (χ3v) is 0.983. The molecule has 0 atom stereocenters. The first-order valence-electron chi connectivity index (χ1n) is 4.49. The molecule has 0 fully saturated rings. The van der Waals surface area contributed by atoms with Crippen LogP contribution in [0.3, 0.4) is 0 Å². The zero-order valence-electron chi connectivity index (χ0n) is 8.85. The number of nitrogens with two attached hydrogens (primary N) is 1. The molecule has 1 nitrogen and oxygen atoms in total. The van der Waals surface area contributed by atoms with Crippen molar-refractivity contribution in [2.45, 2.75) is 41.0 Å². The maximum Gasteiger partial charge on any atom is 0.0104 e. The molecule has 0 saturated carbocycles. The second-order valence-electron chi connectivity index (χ2n) is 2.33. The van der Waals surface area contributed by atoms with Crippen LogP contribution in [-0.4, -0.2) is 6.54 Å². The maximum absolute atomic E-state index is 4.91. The SMILES string of the molecule is C=CCN.CC.CCC(C)C. The van der Waals surface area contributed by atoms with E-state index in [1.165, 1.54) is 6.42 Å². The molecular weight excluding hydrogens is 134 g/mol. The van der Waals surface area contributed by atoms with Gasteiger partial charge in [0, 0.05) is 6.54 Å². The van der Waals surface area contributed by atoms with E-state index in [9.17, 15) is 0 Å². The molecule has 0 spiro atoms. The van der Waals surface area contributed by atoms with Gasteiger partial charge in [-0.25, -0.2) is 0 Å². The van der Waals surface area contributed by atoms with Gasteiger partial charge in [-0.2, -0.15) is 0 Å². The summed E-state index contributed by atoms with van der Waals surface area (Å²) in [6.07, 6.45) is 2.96. The van der Waals surface area contributed by atoms with E-state index in [0.29, 0.717) is 6.54 Å². The van der Waals surface area contributed by atoms with Gasteiger partial charge in [-0.1, -0.05) is 47.1 Å². The minimum atomic E-state index is 0.583. The monoisotopic (exact) mass is 159 g/mol. The van der Waals surface area contributed by atoms with Crippen LogP contribution < -0.4 is 5.73 Å². The smallest absolute Gasteiger partial charge is 0.0104 e. The Balaban J connectivity index is -0.0000000965. The van der Waals surface area contributed by atoms with Gasteiger partial charge in [0.25, 0.3) is 0 Å². The normalized spacial score (nSPS) is 7.18. The van der Waals surface area contributed by atoms with Crippen LogP contribution in [-0.2, 0) is 0 Å². The molecule has 0 aliphatic rings. The second-order valence-corrected chi connectivity index (χ2v) is 2.33. The lowest BCUT2D eigenvalue weighted by Crippen LogP contribution is -1.90. The van der Waals surface area contributed by atoms with Crippen molar-refractivity contribution in [1.82, 2.24) is 0 Å². The summed E-state index contributed by atoms with van der Waals surface area (Å²) in [6, 6.07) is 0. The highest BCUT2D eigenvalue weighted by Crippen LogP contribution is 1.93. The van der Waals surface area contributed by atoms with Crippen LogP contribution in [0.15, 0.2) is 12.7 Å². The van der Waals surface area contributed by atoms with E-state index in [1.807, 2.05) is 13.8 Å². The van der Waals surface area contributed by atoms with Gasteiger partial charge < -0.3 is 5.73 Å². The van der Waals surface area contributed by atoms with Crippen molar-refractivity contribution in [2.24, 2.45) is 11.7 Å². The van der Waals surface area contributed by atoms with Crippen LogP contribution in [0.25, 0.3) is 0 Å². The molecule has 11 heavy (non-hydrogen) atoms. The lowest BCUT2D eigenvalue weighted by atomic mass is 10.2. The van der Waals surface area contributed by atoms with Crippen molar-refractivity contribution in [2.75, 3.05) is 6.54 Å². The Morgan fingerprint density at radius 2 is 1.55 bits per heavy atom.